The molecule has 1 saturated carbocycles. The van der Waals surface area contributed by atoms with Crippen LogP contribution in [0.25, 0.3) is 0 Å². The number of hydrogen-bond donors (Lipinski definition) is 2. The molecular weight excluding hydrogens is 332 g/mol. The number of carboxylic acid groups (broad SMARTS) is 1. The van der Waals surface area contributed by atoms with Crippen LogP contribution < -0.4 is 5.32 Å². The Kier molecular flexibility index (Phi) is 5.43. The number of nitrogens with one attached hydrogen (secondary N) is 1. The number of benzene rings is 1. The number of nitrogens with zero attached hydrogens (tertiary/aromatic N) is 1. The van der Waals surface area contributed by atoms with E-state index in [1.165, 1.54) is 0 Å². The van der Waals surface area contributed by atoms with Crippen LogP contribution in [0.3, 0.4) is 0 Å². The second-order valence-electron chi connectivity index (χ2n) is 5.60. The average molecular weight is 348 g/mol. The minimum absolute atomic E-state index is 0.0528. The van der Waals surface area contributed by atoms with Gasteiger partial charge in [-0.05, 0) is 25.5 Å². The number of rotatable bonds is 6. The van der Waals surface area contributed by atoms with Crippen LogP contribution in [-0.2, 0) is 4.79 Å². The number of amides is 1. The van der Waals surface area contributed by atoms with Crippen molar-refractivity contribution in [2.24, 2.45) is 0 Å². The van der Waals surface area contributed by atoms with Gasteiger partial charge >= 0.3 is 5.97 Å². The molecule has 132 valence electrons. The van der Waals surface area contributed by atoms with Crippen LogP contribution in [0.2, 0.25) is 0 Å². The van der Waals surface area contributed by atoms with Gasteiger partial charge < -0.3 is 10.4 Å². The summed E-state index contributed by atoms with van der Waals surface area (Å²) in [6.07, 6.45) is 0.862. The molecule has 1 amide bonds. The normalized spacial score (nSPS) is 19.9. The highest BCUT2D eigenvalue weighted by Crippen LogP contribution is 2.26. The monoisotopic (exact) mass is 348 g/mol. The number of carbonyl (C=O) groups excluding carboxylic acids is 1. The van der Waals surface area contributed by atoms with Crippen molar-refractivity contribution >= 4 is 11.9 Å². The largest absolute Gasteiger partial charge is 0.480 e. The van der Waals surface area contributed by atoms with Gasteiger partial charge in [-0.3, -0.25) is 14.5 Å². The quantitative estimate of drug-likeness (QED) is 0.468. The summed E-state index contributed by atoms with van der Waals surface area (Å²) >= 11 is 0. The van der Waals surface area contributed by atoms with Crippen LogP contribution >= 0.6 is 0 Å². The number of carbonyl (C=O) groups is 2. The molecule has 0 bridgehead atoms. The third kappa shape index (κ3) is 3.66. The third-order valence-corrected chi connectivity index (χ3v) is 4.06. The van der Waals surface area contributed by atoms with Gasteiger partial charge in [0.1, 0.15) is 0 Å². The molecule has 0 radical (unpaired) electrons. The Morgan fingerprint density at radius 2 is 1.83 bits per heavy atom. The van der Waals surface area contributed by atoms with E-state index < -0.39 is 40.7 Å². The summed E-state index contributed by atoms with van der Waals surface area (Å²) in [6.45, 7) is 2.18. The maximum Gasteiger partial charge on any atom is 0.317 e. The van der Waals surface area contributed by atoms with Crippen molar-refractivity contribution in [3.63, 3.8) is 0 Å². The molecule has 0 atom stereocenters. The first kappa shape index (κ1) is 18.2. The van der Waals surface area contributed by atoms with Crippen molar-refractivity contribution in [2.75, 3.05) is 13.1 Å². The lowest BCUT2D eigenvalue weighted by atomic mass is 9.85. The molecule has 1 fully saturated rings. The molecule has 0 aromatic heterocycles. The van der Waals surface area contributed by atoms with E-state index in [0.29, 0.717) is 25.5 Å². The second kappa shape index (κ2) is 7.16. The van der Waals surface area contributed by atoms with Crippen LogP contribution in [-0.4, -0.2) is 47.1 Å². The van der Waals surface area contributed by atoms with Crippen LogP contribution in [0.1, 0.15) is 30.1 Å². The molecule has 1 aliphatic rings. The van der Waals surface area contributed by atoms with Gasteiger partial charge in [0.25, 0.3) is 5.91 Å². The van der Waals surface area contributed by atoms with Gasteiger partial charge in [-0.15, -0.1) is 0 Å². The summed E-state index contributed by atoms with van der Waals surface area (Å²) in [7, 11) is 0. The molecular formula is C15H16F4N2O3. The Bertz CT molecular complexity index is 663. The lowest BCUT2D eigenvalue weighted by Crippen LogP contribution is -2.54. The molecule has 5 nitrogen and oxygen atoms in total. The zero-order valence-electron chi connectivity index (χ0n) is 12.8. The van der Waals surface area contributed by atoms with Gasteiger partial charge in [0.2, 0.25) is 0 Å². The molecule has 0 saturated heterocycles. The second-order valence-corrected chi connectivity index (χ2v) is 5.60. The molecule has 2 N–H and O–H groups in total. The molecule has 1 aromatic rings. The van der Waals surface area contributed by atoms with E-state index in [4.69, 9.17) is 5.11 Å². The topological polar surface area (TPSA) is 69.6 Å². The molecule has 0 unspecified atom stereocenters. The highest BCUT2D eigenvalue weighted by molar-refractivity contribution is 5.94. The number of halogens is 4. The van der Waals surface area contributed by atoms with Crippen LogP contribution in [0, 0.1) is 23.3 Å². The summed E-state index contributed by atoms with van der Waals surface area (Å²) < 4.78 is 52.7. The fourth-order valence-electron chi connectivity index (χ4n) is 2.68. The van der Waals surface area contributed by atoms with Crippen molar-refractivity contribution < 1.29 is 32.3 Å². The summed E-state index contributed by atoms with van der Waals surface area (Å²) in [5, 5.41) is 11.2. The summed E-state index contributed by atoms with van der Waals surface area (Å²) in [6, 6.07) is -0.119. The number of hydrogen-bond acceptors (Lipinski definition) is 3. The smallest absolute Gasteiger partial charge is 0.317 e. The zero-order chi connectivity index (χ0) is 18.0. The maximum atomic E-state index is 13.6. The van der Waals surface area contributed by atoms with Gasteiger partial charge in [0.15, 0.2) is 23.3 Å². The predicted molar refractivity (Wildman–Crippen MR) is 75.4 cm³/mol. The van der Waals surface area contributed by atoms with E-state index in [1.807, 2.05) is 0 Å². The van der Waals surface area contributed by atoms with Gasteiger partial charge in [-0.25, -0.2) is 17.6 Å². The minimum Gasteiger partial charge on any atom is -0.480 e. The fourth-order valence-corrected chi connectivity index (χ4v) is 2.68. The molecule has 0 aliphatic heterocycles. The number of aliphatic carboxylic acids is 1. The van der Waals surface area contributed by atoms with Crippen LogP contribution in [0.4, 0.5) is 17.6 Å². The van der Waals surface area contributed by atoms with E-state index >= 15 is 0 Å². The molecule has 0 heterocycles. The summed E-state index contributed by atoms with van der Waals surface area (Å²) in [5.41, 5.74) is -0.910. The first-order valence-electron chi connectivity index (χ1n) is 7.34. The standard InChI is InChI=1S/C15H16F4N2O3/c1-2-21(6-11(22)23)8-3-7(4-8)20-15(24)9-5-10(16)13(18)14(19)12(9)17/h5,7-8H,2-4,6H2,1H3,(H,20,24)(H,22,23). The first-order valence-corrected chi connectivity index (χ1v) is 7.34. The minimum atomic E-state index is -2.04. The van der Waals surface area contributed by atoms with Crippen LogP contribution in [0.15, 0.2) is 6.07 Å². The van der Waals surface area contributed by atoms with E-state index in [2.05, 4.69) is 5.32 Å². The highest BCUT2D eigenvalue weighted by atomic mass is 19.2. The lowest BCUT2D eigenvalue weighted by Gasteiger charge is -2.42. The molecule has 2 rings (SSSR count). The summed E-state index contributed by atoms with van der Waals surface area (Å²) in [5.74, 6) is -9.42. The maximum absolute atomic E-state index is 13.6. The Morgan fingerprint density at radius 3 is 2.38 bits per heavy atom. The van der Waals surface area contributed by atoms with Crippen molar-refractivity contribution in [1.82, 2.24) is 10.2 Å². The Balaban J connectivity index is 1.97. The molecule has 9 heteroatoms. The fraction of sp³-hybridized carbons (Fsp3) is 0.467. The summed E-state index contributed by atoms with van der Waals surface area (Å²) in [4.78, 5) is 24.3. The number of carboxylic acids is 1. The first-order chi connectivity index (χ1) is 11.2. The van der Waals surface area contributed by atoms with Crippen molar-refractivity contribution in [3.05, 3.63) is 34.9 Å². The Labute approximate surface area is 135 Å². The van der Waals surface area contributed by atoms with E-state index in [9.17, 15) is 27.2 Å². The van der Waals surface area contributed by atoms with E-state index in [-0.39, 0.29) is 18.6 Å². The van der Waals surface area contributed by atoms with Gasteiger partial charge in [-0.1, -0.05) is 6.92 Å². The van der Waals surface area contributed by atoms with Crippen LogP contribution in [0.5, 0.6) is 0 Å². The Hall–Kier alpha value is -2.16. The van der Waals surface area contributed by atoms with Gasteiger partial charge in [-0.2, -0.15) is 0 Å². The average Bonchev–Trinajstić information content (AvgIpc) is 2.49. The van der Waals surface area contributed by atoms with Crippen molar-refractivity contribution in [3.8, 4) is 0 Å². The SMILES string of the molecule is CCN(CC(=O)O)C1CC(NC(=O)c2cc(F)c(F)c(F)c2F)C1. The van der Waals surface area contributed by atoms with Crippen molar-refractivity contribution in [2.45, 2.75) is 31.8 Å². The highest BCUT2D eigenvalue weighted by Gasteiger charge is 2.35. The van der Waals surface area contributed by atoms with Crippen molar-refractivity contribution in [1.29, 1.82) is 0 Å². The predicted octanol–water partition coefficient (Wildman–Crippen LogP) is 1.91. The van der Waals surface area contributed by atoms with E-state index in [0.717, 1.165) is 0 Å². The van der Waals surface area contributed by atoms with Gasteiger partial charge in [0, 0.05) is 12.1 Å². The van der Waals surface area contributed by atoms with E-state index in [1.54, 1.807) is 11.8 Å². The molecule has 24 heavy (non-hydrogen) atoms. The van der Waals surface area contributed by atoms with Gasteiger partial charge in [0.05, 0.1) is 12.1 Å². The molecule has 1 aromatic carbocycles. The number of likely N-dealkylation sites (N-methyl/N-ethyl adjacent to an activating group) is 1. The molecule has 0 spiro atoms. The lowest BCUT2D eigenvalue weighted by molar-refractivity contribution is -0.139. The Morgan fingerprint density at radius 1 is 1.21 bits per heavy atom. The molecule has 1 aliphatic carbocycles. The third-order valence-electron chi connectivity index (χ3n) is 4.06. The zero-order valence-corrected chi connectivity index (χ0v) is 12.8.